The number of fused-ring (bicyclic) bond motifs is 1. The van der Waals surface area contributed by atoms with Crippen molar-refractivity contribution < 1.29 is 0 Å². The van der Waals surface area contributed by atoms with Crippen LogP contribution in [-0.2, 0) is 0 Å². The number of thioether (sulfide) groups is 1. The fourth-order valence-electron chi connectivity index (χ4n) is 3.21. The summed E-state index contributed by atoms with van der Waals surface area (Å²) in [4.78, 5) is 0. The topological polar surface area (TPSA) is 0 Å². The highest BCUT2D eigenvalue weighted by Gasteiger charge is 2.04. The first-order valence-electron chi connectivity index (χ1n) is 13.2. The maximum atomic E-state index is 3.85. The third kappa shape index (κ3) is 17.3. The van der Waals surface area contributed by atoms with Crippen LogP contribution in [-0.4, -0.2) is 19.3 Å². The highest BCUT2D eigenvalue weighted by atomic mass is 32.2. The molecule has 0 nitrogen and oxygen atoms in total. The van der Waals surface area contributed by atoms with Gasteiger partial charge in [0.05, 0.1) is 0 Å². The van der Waals surface area contributed by atoms with E-state index in [4.69, 9.17) is 0 Å². The summed E-state index contributed by atoms with van der Waals surface area (Å²) in [5.74, 6) is 2.37. The second-order valence-corrected chi connectivity index (χ2v) is 9.83. The van der Waals surface area contributed by atoms with Crippen molar-refractivity contribution in [3.05, 3.63) is 109 Å². The number of rotatable bonds is 10. The Hall–Kier alpha value is -2.19. The molecular formula is C34H52BS. The summed E-state index contributed by atoms with van der Waals surface area (Å²) in [6.45, 7) is 28.3. The van der Waals surface area contributed by atoms with Crippen LogP contribution in [0.15, 0.2) is 103 Å². The lowest BCUT2D eigenvalue weighted by atomic mass is 9.65. The second-order valence-electron chi connectivity index (χ2n) is 8.92. The van der Waals surface area contributed by atoms with Gasteiger partial charge >= 0.3 is 0 Å². The molecule has 0 amide bonds. The minimum absolute atomic E-state index is 0.603. The fraction of sp³-hybridized carbons (Fsp3) is 0.412. The third-order valence-electron chi connectivity index (χ3n) is 5.61. The molecule has 0 aromatic heterocycles. The van der Waals surface area contributed by atoms with Crippen LogP contribution in [0.2, 0.25) is 6.32 Å². The molecule has 0 N–H and O–H groups in total. The molecule has 2 rings (SSSR count). The molecule has 1 atom stereocenters. The molecule has 36 heavy (non-hydrogen) atoms. The molecule has 0 aliphatic heterocycles. The van der Waals surface area contributed by atoms with Crippen LogP contribution in [0.1, 0.15) is 73.3 Å². The van der Waals surface area contributed by atoms with Gasteiger partial charge in [-0.1, -0.05) is 144 Å². The molecule has 0 aliphatic carbocycles. The Kier molecular flexibility index (Phi) is 23.2. The van der Waals surface area contributed by atoms with Gasteiger partial charge in [-0.3, -0.25) is 0 Å². The second kappa shape index (κ2) is 23.2. The zero-order valence-corrected chi connectivity index (χ0v) is 25.6. The van der Waals surface area contributed by atoms with Crippen LogP contribution < -0.4 is 0 Å². The van der Waals surface area contributed by atoms with E-state index in [2.05, 4.69) is 123 Å². The molecule has 0 bridgehead atoms. The van der Waals surface area contributed by atoms with Crippen molar-refractivity contribution >= 4 is 29.8 Å². The summed E-state index contributed by atoms with van der Waals surface area (Å²) in [6.07, 6.45) is 12.5. The Morgan fingerprint density at radius 3 is 2.14 bits per heavy atom. The Morgan fingerprint density at radius 1 is 1.00 bits per heavy atom. The predicted octanol–water partition coefficient (Wildman–Crippen LogP) is 11.3. The molecule has 2 aromatic rings. The Bertz CT molecular complexity index is 928. The van der Waals surface area contributed by atoms with E-state index < -0.39 is 0 Å². The molecule has 0 aliphatic rings. The van der Waals surface area contributed by atoms with E-state index in [0.29, 0.717) is 11.8 Å². The lowest BCUT2D eigenvalue weighted by Gasteiger charge is -2.10. The van der Waals surface area contributed by atoms with Crippen LogP contribution in [0.4, 0.5) is 0 Å². The fourth-order valence-corrected chi connectivity index (χ4v) is 3.50. The van der Waals surface area contributed by atoms with Crippen molar-refractivity contribution in [3.8, 4) is 0 Å². The molecule has 197 valence electrons. The van der Waals surface area contributed by atoms with Crippen LogP contribution in [0.3, 0.4) is 0 Å². The highest BCUT2D eigenvalue weighted by molar-refractivity contribution is 7.98. The maximum Gasteiger partial charge on any atom is 0.150 e. The summed E-state index contributed by atoms with van der Waals surface area (Å²) in [5, 5.41) is 2.73. The monoisotopic (exact) mass is 503 g/mol. The third-order valence-corrected chi connectivity index (χ3v) is 6.14. The lowest BCUT2D eigenvalue weighted by molar-refractivity contribution is 0.652. The summed E-state index contributed by atoms with van der Waals surface area (Å²) >= 11 is 1.82. The van der Waals surface area contributed by atoms with Gasteiger partial charge in [0.1, 0.15) is 0 Å². The molecule has 0 fully saturated rings. The predicted molar refractivity (Wildman–Crippen MR) is 175 cm³/mol. The van der Waals surface area contributed by atoms with Crippen molar-refractivity contribution in [1.29, 1.82) is 0 Å². The van der Waals surface area contributed by atoms with E-state index in [1.807, 2.05) is 38.6 Å². The van der Waals surface area contributed by atoms with Gasteiger partial charge in [-0.05, 0) is 55.2 Å². The van der Waals surface area contributed by atoms with Crippen molar-refractivity contribution in [2.75, 3.05) is 12.0 Å². The Balaban J connectivity index is 0. The maximum absolute atomic E-state index is 3.85. The average molecular weight is 504 g/mol. The number of allylic oxidation sites excluding steroid dienone is 6. The lowest BCUT2D eigenvalue weighted by Crippen LogP contribution is -2.00. The molecule has 1 radical (unpaired) electrons. The smallest absolute Gasteiger partial charge is 0.150 e. The van der Waals surface area contributed by atoms with Crippen LogP contribution in [0.5, 0.6) is 0 Å². The summed E-state index contributed by atoms with van der Waals surface area (Å²) in [7, 11) is 2.15. The van der Waals surface area contributed by atoms with Crippen molar-refractivity contribution in [2.24, 2.45) is 5.92 Å². The molecule has 2 aromatic carbocycles. The van der Waals surface area contributed by atoms with Crippen molar-refractivity contribution in [2.45, 2.75) is 74.0 Å². The standard InChI is InChI=1S/C13H14.C12H20B.C7H12S.C2H6/c1-10(2)12-9-5-7-11-6-3-4-8-13(11)12;1-6-10(3)11(4)8-9-13-12(5)7-2;1-7(2)5-4-6-8-3;1-2/h3-10H,1-2H3;6-7,11H,2,5,8-9H2,1,3-4H3;4-5H,1,6H2,2-3H3;1-2H3/b;10-6+;5-4+;. The molecular weight excluding hydrogens is 451 g/mol. The van der Waals surface area contributed by atoms with Gasteiger partial charge in [0, 0.05) is 5.75 Å². The number of hydrogen-bond acceptors (Lipinski definition) is 1. The van der Waals surface area contributed by atoms with Gasteiger partial charge in [0.25, 0.3) is 0 Å². The Morgan fingerprint density at radius 2 is 1.61 bits per heavy atom. The minimum Gasteiger partial charge on any atom is -0.161 e. The van der Waals surface area contributed by atoms with Crippen LogP contribution in [0.25, 0.3) is 10.8 Å². The van der Waals surface area contributed by atoms with E-state index in [9.17, 15) is 0 Å². The van der Waals surface area contributed by atoms with Crippen molar-refractivity contribution in [3.63, 3.8) is 0 Å². The van der Waals surface area contributed by atoms with E-state index in [1.165, 1.54) is 28.3 Å². The molecule has 0 saturated carbocycles. The van der Waals surface area contributed by atoms with E-state index >= 15 is 0 Å². The van der Waals surface area contributed by atoms with Gasteiger partial charge in [0.2, 0.25) is 0 Å². The largest absolute Gasteiger partial charge is 0.161 e. The van der Waals surface area contributed by atoms with E-state index in [0.717, 1.165) is 23.1 Å². The van der Waals surface area contributed by atoms with Gasteiger partial charge in [-0.15, -0.1) is 6.58 Å². The number of benzene rings is 2. The van der Waals surface area contributed by atoms with Gasteiger partial charge in [-0.25, -0.2) is 0 Å². The van der Waals surface area contributed by atoms with Crippen molar-refractivity contribution in [1.82, 2.24) is 0 Å². The first-order chi connectivity index (χ1) is 17.2. The average Bonchev–Trinajstić information content (AvgIpc) is 2.89. The molecule has 1 unspecified atom stereocenters. The molecule has 0 spiro atoms. The Labute approximate surface area is 230 Å². The van der Waals surface area contributed by atoms with E-state index in [1.54, 1.807) is 6.08 Å². The first-order valence-corrected chi connectivity index (χ1v) is 14.6. The SMILES string of the molecule is C=C(C)/C=C/CSC.C=CC(=C)[B]CCC(C)/C(C)=C/C.CC.CC(C)c1cccc2ccccc12. The summed E-state index contributed by atoms with van der Waals surface area (Å²) in [5.41, 5.74) is 5.07. The van der Waals surface area contributed by atoms with Gasteiger partial charge < -0.3 is 0 Å². The first kappa shape index (κ1) is 36.0. The highest BCUT2D eigenvalue weighted by Crippen LogP contribution is 2.24. The molecule has 0 heterocycles. The van der Waals surface area contributed by atoms with E-state index in [-0.39, 0.29) is 0 Å². The van der Waals surface area contributed by atoms with Gasteiger partial charge in [0.15, 0.2) is 7.28 Å². The summed E-state index contributed by atoms with van der Waals surface area (Å²) in [6, 6.07) is 15.1. The van der Waals surface area contributed by atoms with Gasteiger partial charge in [-0.2, -0.15) is 11.8 Å². The number of hydrogen-bond donors (Lipinski definition) is 0. The van der Waals surface area contributed by atoms with Crippen LogP contribution in [0, 0.1) is 5.92 Å². The van der Waals surface area contributed by atoms with Crippen LogP contribution >= 0.6 is 11.8 Å². The molecule has 0 saturated heterocycles. The molecule has 2 heteroatoms. The normalized spacial score (nSPS) is 11.3. The quantitative estimate of drug-likeness (QED) is 0.176. The zero-order valence-electron chi connectivity index (χ0n) is 24.7. The minimum atomic E-state index is 0.603. The zero-order chi connectivity index (χ0) is 27.9. The summed E-state index contributed by atoms with van der Waals surface area (Å²) < 4.78 is 0.